The molecule has 0 amide bonds. The fourth-order valence-corrected chi connectivity index (χ4v) is 7.33. The molecular weight excluding hydrogens is 997 g/mol. The standard InChI is InChI=1S/C25H20F5N3S.C24H17N3O6.Ru/c1-2-3-4-5-6-15-9-10-34-24(15)16-11-20(18-8-7-17(26)13-19(18)27)31-21(12-16)22-14-23(33-32-22)25(28,29)30;28-15-31-8-3-18-1-6-25-21(11-18)23-13-20(5-10-33-17-30)14-24(27-23)22-12-19(2-7-26-22)4-9-32-16-29;/h7,9-14H,2-6H2,1H3;1-17H;/q-2;;+2/b;8-3+,9-4+,10-5+;. The van der Waals surface area contributed by atoms with E-state index in [1.54, 1.807) is 79.2 Å². The predicted molar refractivity (Wildman–Crippen MR) is 240 cm³/mol. The summed E-state index contributed by atoms with van der Waals surface area (Å²) in [5.41, 5.74) is 5.06. The Kier molecular flexibility index (Phi) is 19.4. The van der Waals surface area contributed by atoms with E-state index in [0.29, 0.717) is 59.4 Å². The fraction of sp³-hybridized carbons (Fsp3) is 0.143. The van der Waals surface area contributed by atoms with Crippen LogP contribution in [0.5, 0.6) is 0 Å². The Hall–Kier alpha value is -7.37. The molecule has 0 saturated carbocycles. The molecule has 0 atom stereocenters. The van der Waals surface area contributed by atoms with Crippen molar-refractivity contribution in [2.75, 3.05) is 0 Å². The van der Waals surface area contributed by atoms with E-state index in [4.69, 9.17) is 0 Å². The topological polar surface area (TPSA) is 157 Å². The average molecular weight is 1030 g/mol. The molecule has 6 heterocycles. The molecule has 19 heteroatoms. The molecule has 0 saturated heterocycles. The minimum absolute atomic E-state index is 0. The molecule has 0 aliphatic carbocycles. The molecule has 0 radical (unpaired) electrons. The van der Waals surface area contributed by atoms with Crippen LogP contribution in [0, 0.1) is 17.7 Å². The Balaban J connectivity index is 0.000000251. The first-order chi connectivity index (χ1) is 32.5. The predicted octanol–water partition coefficient (Wildman–Crippen LogP) is 11.4. The Labute approximate surface area is 403 Å². The number of carbonyl (C=O) groups excluding carboxylic acids is 3. The number of benzene rings is 1. The monoisotopic (exact) mass is 1030 g/mol. The number of pyridine rings is 4. The van der Waals surface area contributed by atoms with E-state index in [-0.39, 0.29) is 42.1 Å². The molecule has 0 spiro atoms. The van der Waals surface area contributed by atoms with Crippen molar-refractivity contribution in [3.05, 3.63) is 155 Å². The summed E-state index contributed by atoms with van der Waals surface area (Å²) < 4.78 is 81.0. The maximum atomic E-state index is 14.5. The number of halogens is 5. The quantitative estimate of drug-likeness (QED) is 0.0144. The minimum atomic E-state index is -4.65. The van der Waals surface area contributed by atoms with Gasteiger partial charge < -0.3 is 24.4 Å². The van der Waals surface area contributed by atoms with Gasteiger partial charge in [0, 0.05) is 34.6 Å². The third-order valence-corrected chi connectivity index (χ3v) is 10.5. The molecule has 348 valence electrons. The summed E-state index contributed by atoms with van der Waals surface area (Å²) in [5.74, 6) is -1.66. The van der Waals surface area contributed by atoms with Gasteiger partial charge in [-0.05, 0) is 125 Å². The number of unbranched alkanes of at least 4 members (excludes halogenated alkanes) is 3. The molecule has 68 heavy (non-hydrogen) atoms. The van der Waals surface area contributed by atoms with Gasteiger partial charge in [0.05, 0.1) is 41.6 Å². The van der Waals surface area contributed by atoms with E-state index < -0.39 is 23.5 Å². The van der Waals surface area contributed by atoms with Gasteiger partial charge in [-0.15, -0.1) is 23.5 Å². The smallest absolute Gasteiger partial charge is 0.573 e. The number of nitrogens with zero attached hydrogens (tertiary/aromatic N) is 6. The van der Waals surface area contributed by atoms with E-state index in [2.05, 4.69) is 57.3 Å². The molecule has 0 aliphatic heterocycles. The van der Waals surface area contributed by atoms with Crippen molar-refractivity contribution in [2.24, 2.45) is 0 Å². The van der Waals surface area contributed by atoms with Crippen molar-refractivity contribution in [3.63, 3.8) is 0 Å². The second-order valence-corrected chi connectivity index (χ2v) is 15.0. The number of hydrogen-bond donors (Lipinski definition) is 0. The summed E-state index contributed by atoms with van der Waals surface area (Å²) >= 11 is 1.48. The molecule has 7 rings (SSSR count). The number of rotatable bonds is 19. The van der Waals surface area contributed by atoms with Crippen molar-refractivity contribution in [1.29, 1.82) is 0 Å². The summed E-state index contributed by atoms with van der Waals surface area (Å²) in [6.45, 7) is 3.10. The van der Waals surface area contributed by atoms with E-state index in [1.807, 2.05) is 11.4 Å². The van der Waals surface area contributed by atoms with Gasteiger partial charge in [-0.25, -0.2) is 4.98 Å². The van der Waals surface area contributed by atoms with Crippen LogP contribution in [0.3, 0.4) is 0 Å². The maximum absolute atomic E-state index is 14.5. The van der Waals surface area contributed by atoms with Gasteiger partial charge in [0.15, 0.2) is 0 Å². The SMILES string of the molecule is CCCCCCc1ccsc1-c1cc(-c2cc(C(F)(F)F)n[n-]2)nc(-c2[c-]cc(F)cc2F)c1.O=CO/C=C/c1ccnc(-c2cc(/C=C/OC=O)cc(-c3cc(/C=C/OC=O)ccn3)n2)c1.[Ru+2]. The molecule has 1 aromatic carbocycles. The molecular formula is C49H37F5N6O6RuS. The normalized spacial score (nSPS) is 11.3. The van der Waals surface area contributed by atoms with Crippen LogP contribution in [0.25, 0.3) is 74.1 Å². The third kappa shape index (κ3) is 14.6. The van der Waals surface area contributed by atoms with Crippen LogP contribution in [0.1, 0.15) is 60.6 Å². The van der Waals surface area contributed by atoms with Gasteiger partial charge in [-0.3, -0.25) is 38.1 Å². The van der Waals surface area contributed by atoms with Gasteiger partial charge >= 0.3 is 25.7 Å². The average Bonchev–Trinajstić information content (AvgIpc) is 4.03. The molecule has 0 bridgehead atoms. The number of thiophene rings is 1. The van der Waals surface area contributed by atoms with Crippen LogP contribution in [-0.2, 0) is 60.7 Å². The van der Waals surface area contributed by atoms with E-state index in [0.717, 1.165) is 65.8 Å². The van der Waals surface area contributed by atoms with Gasteiger partial charge in [0.1, 0.15) is 5.69 Å². The van der Waals surface area contributed by atoms with Crippen molar-refractivity contribution >= 4 is 49.0 Å². The first-order valence-corrected chi connectivity index (χ1v) is 21.1. The zero-order valence-corrected chi connectivity index (χ0v) is 38.2. The van der Waals surface area contributed by atoms with Gasteiger partial charge in [0.25, 0.3) is 19.4 Å². The summed E-state index contributed by atoms with van der Waals surface area (Å²) in [7, 11) is 0. The van der Waals surface area contributed by atoms with E-state index in [9.17, 15) is 36.3 Å². The largest absolute Gasteiger partial charge is 2.00 e. The first-order valence-electron chi connectivity index (χ1n) is 20.3. The number of hydrogen-bond acceptors (Lipinski definition) is 12. The second kappa shape index (κ2) is 25.5. The number of aromatic nitrogens is 6. The minimum Gasteiger partial charge on any atom is -0.573 e. The van der Waals surface area contributed by atoms with Gasteiger partial charge in [-0.2, -0.15) is 13.2 Å². The Morgan fingerprint density at radius 3 is 1.82 bits per heavy atom. The second-order valence-electron chi connectivity index (χ2n) is 14.1. The maximum Gasteiger partial charge on any atom is 2.00 e. The van der Waals surface area contributed by atoms with Crippen LogP contribution in [0.2, 0.25) is 0 Å². The molecule has 6 aromatic heterocycles. The fourth-order valence-electron chi connectivity index (χ4n) is 6.39. The Morgan fingerprint density at radius 1 is 0.691 bits per heavy atom. The number of ether oxygens (including phenoxy) is 3. The number of aryl methyl sites for hydroxylation is 1. The van der Waals surface area contributed by atoms with E-state index >= 15 is 0 Å². The van der Waals surface area contributed by atoms with Crippen LogP contribution in [-0.4, -0.2) is 44.5 Å². The summed E-state index contributed by atoms with van der Waals surface area (Å²) in [6, 6.07) is 20.9. The van der Waals surface area contributed by atoms with Gasteiger partial charge in [0.2, 0.25) is 0 Å². The molecule has 0 N–H and O–H groups in total. The summed E-state index contributed by atoms with van der Waals surface area (Å²) in [4.78, 5) is 49.8. The van der Waals surface area contributed by atoms with E-state index in [1.165, 1.54) is 30.1 Å². The zero-order valence-electron chi connectivity index (χ0n) is 35.7. The van der Waals surface area contributed by atoms with Crippen molar-refractivity contribution in [3.8, 4) is 55.9 Å². The molecule has 12 nitrogen and oxygen atoms in total. The van der Waals surface area contributed by atoms with Crippen molar-refractivity contribution in [2.45, 2.75) is 45.2 Å². The third-order valence-electron chi connectivity index (χ3n) is 9.46. The van der Waals surface area contributed by atoms with Crippen LogP contribution in [0.4, 0.5) is 22.0 Å². The van der Waals surface area contributed by atoms with Crippen molar-refractivity contribution < 1.29 is 70.0 Å². The number of alkyl halides is 3. The van der Waals surface area contributed by atoms with Crippen molar-refractivity contribution in [1.82, 2.24) is 30.1 Å². The molecule has 0 unspecified atom stereocenters. The Bertz CT molecular complexity index is 2820. The molecule has 0 fully saturated rings. The molecule has 0 aliphatic rings. The van der Waals surface area contributed by atoms with Crippen LogP contribution in [0.15, 0.2) is 109 Å². The summed E-state index contributed by atoms with van der Waals surface area (Å²) in [6.07, 6.45) is 12.4. The zero-order chi connectivity index (χ0) is 47.6. The van der Waals surface area contributed by atoms with Gasteiger partial charge in [-0.1, -0.05) is 49.6 Å². The van der Waals surface area contributed by atoms with Crippen LogP contribution >= 0.6 is 11.3 Å². The summed E-state index contributed by atoms with van der Waals surface area (Å²) in [5, 5.41) is 8.81. The Morgan fingerprint density at radius 2 is 1.26 bits per heavy atom. The van der Waals surface area contributed by atoms with Crippen LogP contribution < -0.4 is 5.10 Å². The first kappa shape index (κ1) is 51.6. The number of carbonyl (C=O) groups is 3. The molecule has 7 aromatic rings.